The predicted molar refractivity (Wildman–Crippen MR) is 176 cm³/mol. The van der Waals surface area contributed by atoms with E-state index in [1.807, 2.05) is 30.3 Å². The van der Waals surface area contributed by atoms with Crippen LogP contribution in [0.3, 0.4) is 0 Å². The fraction of sp³-hybridized carbons (Fsp3) is 0.342. The van der Waals surface area contributed by atoms with E-state index in [9.17, 15) is 4.79 Å². The summed E-state index contributed by atoms with van der Waals surface area (Å²) in [7, 11) is 0. The second-order valence-electron chi connectivity index (χ2n) is 11.5. The first-order valence-corrected chi connectivity index (χ1v) is 15.8. The van der Waals surface area contributed by atoms with Gasteiger partial charge in [0.05, 0.1) is 0 Å². The number of likely N-dealkylation sites (tertiary alicyclic amines) is 1. The Morgan fingerprint density at radius 1 is 0.837 bits per heavy atom. The van der Waals surface area contributed by atoms with Crippen molar-refractivity contribution in [1.29, 1.82) is 0 Å². The lowest BCUT2D eigenvalue weighted by Gasteiger charge is -2.34. The lowest BCUT2D eigenvalue weighted by molar-refractivity contribution is 0.0950. The molecule has 0 spiro atoms. The Morgan fingerprint density at radius 2 is 1.42 bits per heavy atom. The van der Waals surface area contributed by atoms with Gasteiger partial charge in [0.25, 0.3) is 5.91 Å². The van der Waals surface area contributed by atoms with E-state index >= 15 is 0 Å². The monoisotopic (exact) mass is 575 g/mol. The first kappa shape index (κ1) is 30.5. The van der Waals surface area contributed by atoms with Gasteiger partial charge in [-0.15, -0.1) is 0 Å². The van der Waals surface area contributed by atoms with Gasteiger partial charge >= 0.3 is 0 Å². The van der Waals surface area contributed by atoms with Gasteiger partial charge in [0.2, 0.25) is 0 Å². The minimum absolute atomic E-state index is 0.0302. The van der Waals surface area contributed by atoms with E-state index in [1.54, 1.807) is 0 Å². The summed E-state index contributed by atoms with van der Waals surface area (Å²) in [4.78, 5) is 17.7. The molecule has 43 heavy (non-hydrogen) atoms. The molecule has 1 heterocycles. The molecule has 4 aromatic rings. The highest BCUT2D eigenvalue weighted by molar-refractivity contribution is 5.94. The van der Waals surface area contributed by atoms with Gasteiger partial charge in [-0.05, 0) is 66.8 Å². The standard InChI is InChI=1S/C38H45N3O2/c1-2-40(29-31-13-6-3-7-14-31)26-12-25-39-38(42)34-19-21-35(22-20-34)43-36-23-27-41(28-24-36)30-37(32-15-8-4-9-16-32)33-17-10-5-11-18-33/h3-11,13-22,36-37H,2,12,23-30H2,1H3,(H,39,42). The molecule has 0 unspecified atom stereocenters. The van der Waals surface area contributed by atoms with Crippen molar-refractivity contribution in [2.75, 3.05) is 39.3 Å². The van der Waals surface area contributed by atoms with Gasteiger partial charge in [0.15, 0.2) is 0 Å². The van der Waals surface area contributed by atoms with E-state index in [2.05, 4.69) is 107 Å². The lowest BCUT2D eigenvalue weighted by atomic mass is 9.90. The normalized spacial score (nSPS) is 14.2. The summed E-state index contributed by atoms with van der Waals surface area (Å²) in [6, 6.07) is 39.8. The molecule has 5 rings (SSSR count). The second-order valence-corrected chi connectivity index (χ2v) is 11.5. The van der Waals surface area contributed by atoms with Gasteiger partial charge in [0, 0.05) is 50.7 Å². The number of rotatable bonds is 14. The SMILES string of the molecule is CCN(CCCNC(=O)c1ccc(OC2CCN(CC(c3ccccc3)c3ccccc3)CC2)cc1)Cc1ccccc1. The van der Waals surface area contributed by atoms with Gasteiger partial charge in [-0.2, -0.15) is 0 Å². The number of piperidine rings is 1. The van der Waals surface area contributed by atoms with Crippen molar-refractivity contribution < 1.29 is 9.53 Å². The van der Waals surface area contributed by atoms with E-state index in [0.717, 1.165) is 64.3 Å². The minimum Gasteiger partial charge on any atom is -0.490 e. The van der Waals surface area contributed by atoms with Gasteiger partial charge in [-0.3, -0.25) is 9.69 Å². The third-order valence-electron chi connectivity index (χ3n) is 8.43. The van der Waals surface area contributed by atoms with Crippen molar-refractivity contribution in [3.63, 3.8) is 0 Å². The Kier molecular flexibility index (Phi) is 11.4. The quantitative estimate of drug-likeness (QED) is 0.164. The second kappa shape index (κ2) is 16.1. The first-order chi connectivity index (χ1) is 21.2. The smallest absolute Gasteiger partial charge is 0.251 e. The van der Waals surface area contributed by atoms with Gasteiger partial charge in [0.1, 0.15) is 11.9 Å². The van der Waals surface area contributed by atoms with Crippen LogP contribution < -0.4 is 10.1 Å². The minimum atomic E-state index is -0.0302. The van der Waals surface area contributed by atoms with Crippen LogP contribution in [-0.2, 0) is 6.54 Å². The molecule has 1 aliphatic rings. The number of nitrogens with one attached hydrogen (secondary N) is 1. The van der Waals surface area contributed by atoms with Crippen LogP contribution in [0.15, 0.2) is 115 Å². The topological polar surface area (TPSA) is 44.8 Å². The third-order valence-corrected chi connectivity index (χ3v) is 8.43. The molecule has 5 nitrogen and oxygen atoms in total. The van der Waals surface area contributed by atoms with E-state index in [1.165, 1.54) is 16.7 Å². The Balaban J connectivity index is 1.04. The maximum absolute atomic E-state index is 12.7. The molecular weight excluding hydrogens is 530 g/mol. The van der Waals surface area contributed by atoms with Crippen molar-refractivity contribution in [3.8, 4) is 5.75 Å². The zero-order valence-corrected chi connectivity index (χ0v) is 25.4. The molecule has 1 saturated heterocycles. The molecule has 1 amide bonds. The van der Waals surface area contributed by atoms with Gasteiger partial charge < -0.3 is 15.0 Å². The summed E-state index contributed by atoms with van der Waals surface area (Å²) >= 11 is 0. The molecule has 0 aliphatic carbocycles. The molecule has 0 atom stereocenters. The van der Waals surface area contributed by atoms with Crippen molar-refractivity contribution in [2.45, 2.75) is 44.8 Å². The summed E-state index contributed by atoms with van der Waals surface area (Å²) in [6.45, 7) is 8.77. The van der Waals surface area contributed by atoms with Crippen molar-refractivity contribution in [2.24, 2.45) is 0 Å². The molecule has 1 N–H and O–H groups in total. The average Bonchev–Trinajstić information content (AvgIpc) is 3.07. The molecule has 0 radical (unpaired) electrons. The van der Waals surface area contributed by atoms with Crippen molar-refractivity contribution in [1.82, 2.24) is 15.1 Å². The van der Waals surface area contributed by atoms with Crippen LogP contribution >= 0.6 is 0 Å². The fourth-order valence-corrected chi connectivity index (χ4v) is 5.92. The number of carbonyl (C=O) groups excluding carboxylic acids is 1. The number of hydrogen-bond acceptors (Lipinski definition) is 4. The highest BCUT2D eigenvalue weighted by Crippen LogP contribution is 2.28. The van der Waals surface area contributed by atoms with E-state index < -0.39 is 0 Å². The number of carbonyl (C=O) groups is 1. The van der Waals surface area contributed by atoms with E-state index in [4.69, 9.17) is 4.74 Å². The highest BCUT2D eigenvalue weighted by Gasteiger charge is 2.24. The maximum Gasteiger partial charge on any atom is 0.251 e. The predicted octanol–water partition coefficient (Wildman–Crippen LogP) is 7.00. The van der Waals surface area contributed by atoms with Crippen LogP contribution in [0.2, 0.25) is 0 Å². The fourth-order valence-electron chi connectivity index (χ4n) is 5.92. The van der Waals surface area contributed by atoms with Crippen molar-refractivity contribution >= 4 is 5.91 Å². The Hall–Kier alpha value is -3.93. The Morgan fingerprint density at radius 3 is 2.00 bits per heavy atom. The van der Waals surface area contributed by atoms with Gasteiger partial charge in [-0.1, -0.05) is 97.9 Å². The molecular formula is C38H45N3O2. The number of benzene rings is 4. The summed E-state index contributed by atoms with van der Waals surface area (Å²) in [5.41, 5.74) is 4.72. The van der Waals surface area contributed by atoms with Crippen LogP contribution in [-0.4, -0.2) is 61.1 Å². The lowest BCUT2D eigenvalue weighted by Crippen LogP contribution is -2.40. The van der Waals surface area contributed by atoms with Crippen LogP contribution in [0.4, 0.5) is 0 Å². The Bertz CT molecular complexity index is 1320. The summed E-state index contributed by atoms with van der Waals surface area (Å²) in [5.74, 6) is 1.16. The molecule has 224 valence electrons. The van der Waals surface area contributed by atoms with Crippen LogP contribution in [0.5, 0.6) is 5.75 Å². The molecule has 0 aromatic heterocycles. The van der Waals surface area contributed by atoms with Crippen LogP contribution in [0.25, 0.3) is 0 Å². The zero-order valence-electron chi connectivity index (χ0n) is 25.4. The molecule has 5 heteroatoms. The van der Waals surface area contributed by atoms with Crippen LogP contribution in [0.1, 0.15) is 59.2 Å². The maximum atomic E-state index is 12.7. The summed E-state index contributed by atoms with van der Waals surface area (Å²) in [5, 5.41) is 3.08. The summed E-state index contributed by atoms with van der Waals surface area (Å²) in [6.07, 6.45) is 3.11. The molecule has 0 saturated carbocycles. The molecule has 1 aliphatic heterocycles. The van der Waals surface area contributed by atoms with Gasteiger partial charge in [-0.25, -0.2) is 0 Å². The zero-order chi connectivity index (χ0) is 29.7. The van der Waals surface area contributed by atoms with E-state index in [0.29, 0.717) is 18.0 Å². The van der Waals surface area contributed by atoms with Crippen LogP contribution in [0, 0.1) is 0 Å². The molecule has 0 bridgehead atoms. The number of nitrogens with zero attached hydrogens (tertiary/aromatic N) is 2. The number of amides is 1. The largest absolute Gasteiger partial charge is 0.490 e. The molecule has 1 fully saturated rings. The highest BCUT2D eigenvalue weighted by atomic mass is 16.5. The average molecular weight is 576 g/mol. The molecule has 4 aromatic carbocycles. The summed E-state index contributed by atoms with van der Waals surface area (Å²) < 4.78 is 6.33. The first-order valence-electron chi connectivity index (χ1n) is 15.8. The third kappa shape index (κ3) is 9.28. The van der Waals surface area contributed by atoms with E-state index in [-0.39, 0.29) is 12.0 Å². The van der Waals surface area contributed by atoms with Crippen molar-refractivity contribution in [3.05, 3.63) is 138 Å². The number of hydrogen-bond donors (Lipinski definition) is 1. The number of ether oxygens (including phenoxy) is 1. The Labute approximate surface area is 257 Å².